The minimum absolute atomic E-state index is 0.140. The first kappa shape index (κ1) is 16.5. The molecule has 1 amide bonds. The number of anilines is 1. The molecule has 2 aromatic rings. The molecule has 0 unspecified atom stereocenters. The van der Waals surface area contributed by atoms with Gasteiger partial charge in [0.05, 0.1) is 17.7 Å². The standard InChI is InChI=1S/C19H23N3O2/c23-18-8-4-3-7-17(18)22-19(24)15-5-1-2-6-16(15)21-13-14-9-11-20-12-10-14/h1-2,5-6,9-12,17-18,21,23H,3-4,7-8,13H2,(H,22,24)/t17-,18-/m1/s1. The van der Waals surface area contributed by atoms with E-state index in [0.717, 1.165) is 36.9 Å². The number of rotatable bonds is 5. The van der Waals surface area contributed by atoms with Gasteiger partial charge in [-0.15, -0.1) is 0 Å². The summed E-state index contributed by atoms with van der Waals surface area (Å²) in [4.78, 5) is 16.6. The van der Waals surface area contributed by atoms with Crippen LogP contribution >= 0.6 is 0 Å². The molecule has 1 aliphatic carbocycles. The van der Waals surface area contributed by atoms with E-state index in [1.807, 2.05) is 30.3 Å². The van der Waals surface area contributed by atoms with E-state index in [1.54, 1.807) is 18.5 Å². The Morgan fingerprint density at radius 1 is 1.12 bits per heavy atom. The van der Waals surface area contributed by atoms with Crippen molar-refractivity contribution in [3.05, 3.63) is 59.9 Å². The van der Waals surface area contributed by atoms with Gasteiger partial charge in [0.1, 0.15) is 0 Å². The van der Waals surface area contributed by atoms with Crippen LogP contribution in [0, 0.1) is 0 Å². The molecule has 0 aliphatic heterocycles. The van der Waals surface area contributed by atoms with Gasteiger partial charge >= 0.3 is 0 Å². The van der Waals surface area contributed by atoms with Gasteiger partial charge in [-0.1, -0.05) is 25.0 Å². The third-order valence-corrected chi connectivity index (χ3v) is 4.45. The number of aromatic nitrogens is 1. The average molecular weight is 325 g/mol. The van der Waals surface area contributed by atoms with Gasteiger partial charge in [0, 0.05) is 24.6 Å². The summed E-state index contributed by atoms with van der Waals surface area (Å²) in [6, 6.07) is 11.2. The number of nitrogens with zero attached hydrogens (tertiary/aromatic N) is 1. The summed E-state index contributed by atoms with van der Waals surface area (Å²) in [6.45, 7) is 0.624. The number of amides is 1. The van der Waals surface area contributed by atoms with E-state index in [9.17, 15) is 9.90 Å². The Labute approximate surface area is 142 Å². The van der Waals surface area contributed by atoms with Crippen LogP contribution in [0.15, 0.2) is 48.8 Å². The SMILES string of the molecule is O=C(N[C@@H]1CCCC[C@H]1O)c1ccccc1NCc1ccncc1. The molecule has 1 aliphatic rings. The highest BCUT2D eigenvalue weighted by atomic mass is 16.3. The molecule has 2 atom stereocenters. The average Bonchev–Trinajstić information content (AvgIpc) is 2.63. The Balaban J connectivity index is 1.67. The lowest BCUT2D eigenvalue weighted by Gasteiger charge is -2.28. The first-order valence-electron chi connectivity index (χ1n) is 8.45. The number of nitrogens with one attached hydrogen (secondary N) is 2. The van der Waals surface area contributed by atoms with E-state index in [4.69, 9.17) is 0 Å². The van der Waals surface area contributed by atoms with Crippen molar-refractivity contribution >= 4 is 11.6 Å². The van der Waals surface area contributed by atoms with E-state index in [-0.39, 0.29) is 11.9 Å². The lowest BCUT2D eigenvalue weighted by Crippen LogP contribution is -2.45. The van der Waals surface area contributed by atoms with E-state index in [0.29, 0.717) is 12.1 Å². The van der Waals surface area contributed by atoms with Crippen LogP contribution in [0.5, 0.6) is 0 Å². The summed E-state index contributed by atoms with van der Waals surface area (Å²) >= 11 is 0. The Morgan fingerprint density at radius 2 is 1.88 bits per heavy atom. The van der Waals surface area contributed by atoms with E-state index >= 15 is 0 Å². The summed E-state index contributed by atoms with van der Waals surface area (Å²) in [5.74, 6) is -0.140. The molecular formula is C19H23N3O2. The lowest BCUT2D eigenvalue weighted by atomic mass is 9.92. The number of aliphatic hydroxyl groups is 1. The molecule has 1 saturated carbocycles. The quantitative estimate of drug-likeness (QED) is 0.790. The summed E-state index contributed by atoms with van der Waals surface area (Å²) in [5.41, 5.74) is 2.49. The predicted molar refractivity (Wildman–Crippen MR) is 93.7 cm³/mol. The molecule has 3 rings (SSSR count). The second-order valence-electron chi connectivity index (χ2n) is 6.19. The van der Waals surface area contributed by atoms with Gasteiger partial charge in [0.2, 0.25) is 0 Å². The molecule has 5 heteroatoms. The minimum atomic E-state index is -0.445. The van der Waals surface area contributed by atoms with Gasteiger partial charge in [-0.2, -0.15) is 0 Å². The Kier molecular flexibility index (Phi) is 5.43. The van der Waals surface area contributed by atoms with Gasteiger partial charge < -0.3 is 15.7 Å². The minimum Gasteiger partial charge on any atom is -0.391 e. The first-order chi connectivity index (χ1) is 11.7. The highest BCUT2D eigenvalue weighted by Gasteiger charge is 2.25. The molecular weight excluding hydrogens is 302 g/mol. The monoisotopic (exact) mass is 325 g/mol. The van der Waals surface area contributed by atoms with E-state index in [1.165, 1.54) is 0 Å². The molecule has 1 aromatic heterocycles. The zero-order chi connectivity index (χ0) is 16.8. The number of carbonyl (C=O) groups excluding carboxylic acids is 1. The van der Waals surface area contributed by atoms with Crippen LogP contribution in [-0.4, -0.2) is 28.1 Å². The van der Waals surface area contributed by atoms with E-state index < -0.39 is 6.10 Å². The maximum absolute atomic E-state index is 12.6. The second-order valence-corrected chi connectivity index (χ2v) is 6.19. The van der Waals surface area contributed by atoms with Crippen LogP contribution in [0.2, 0.25) is 0 Å². The molecule has 126 valence electrons. The third kappa shape index (κ3) is 4.11. The Morgan fingerprint density at radius 3 is 2.67 bits per heavy atom. The van der Waals surface area contributed by atoms with Gasteiger partial charge in [0.25, 0.3) is 5.91 Å². The maximum Gasteiger partial charge on any atom is 0.253 e. The van der Waals surface area contributed by atoms with Crippen molar-refractivity contribution in [2.24, 2.45) is 0 Å². The number of para-hydroxylation sites is 1. The summed E-state index contributed by atoms with van der Waals surface area (Å²) in [7, 11) is 0. The summed E-state index contributed by atoms with van der Waals surface area (Å²) < 4.78 is 0. The van der Waals surface area contributed by atoms with Crippen molar-refractivity contribution in [3.8, 4) is 0 Å². The van der Waals surface area contributed by atoms with Crippen LogP contribution in [0.25, 0.3) is 0 Å². The number of aliphatic hydroxyl groups excluding tert-OH is 1. The lowest BCUT2D eigenvalue weighted by molar-refractivity contribution is 0.0718. The summed E-state index contributed by atoms with van der Waals surface area (Å²) in [5, 5.41) is 16.3. The van der Waals surface area contributed by atoms with Gasteiger partial charge in [-0.25, -0.2) is 0 Å². The highest BCUT2D eigenvalue weighted by Crippen LogP contribution is 2.21. The third-order valence-electron chi connectivity index (χ3n) is 4.45. The van der Waals surface area contributed by atoms with Crippen molar-refractivity contribution in [2.75, 3.05) is 5.32 Å². The zero-order valence-corrected chi connectivity index (χ0v) is 13.6. The molecule has 0 saturated heterocycles. The molecule has 5 nitrogen and oxygen atoms in total. The normalized spacial score (nSPS) is 20.4. The maximum atomic E-state index is 12.6. The van der Waals surface area contributed by atoms with Gasteiger partial charge in [0.15, 0.2) is 0 Å². The fraction of sp³-hybridized carbons (Fsp3) is 0.368. The number of hydrogen-bond acceptors (Lipinski definition) is 4. The fourth-order valence-corrected chi connectivity index (χ4v) is 3.06. The molecule has 24 heavy (non-hydrogen) atoms. The van der Waals surface area contributed by atoms with Crippen molar-refractivity contribution in [3.63, 3.8) is 0 Å². The topological polar surface area (TPSA) is 74.2 Å². The van der Waals surface area contributed by atoms with Crippen molar-refractivity contribution < 1.29 is 9.90 Å². The van der Waals surface area contributed by atoms with Crippen LogP contribution in [0.3, 0.4) is 0 Å². The molecule has 1 heterocycles. The molecule has 1 fully saturated rings. The van der Waals surface area contributed by atoms with Crippen LogP contribution < -0.4 is 10.6 Å². The summed E-state index contributed by atoms with van der Waals surface area (Å²) in [6.07, 6.45) is 6.72. The number of benzene rings is 1. The predicted octanol–water partition coefficient (Wildman–Crippen LogP) is 2.73. The number of pyridine rings is 1. The van der Waals surface area contributed by atoms with Crippen molar-refractivity contribution in [1.82, 2.24) is 10.3 Å². The van der Waals surface area contributed by atoms with Crippen LogP contribution in [-0.2, 0) is 6.54 Å². The van der Waals surface area contributed by atoms with Gasteiger partial charge in [-0.05, 0) is 42.7 Å². The second kappa shape index (κ2) is 7.93. The number of carbonyl (C=O) groups is 1. The van der Waals surface area contributed by atoms with Crippen LogP contribution in [0.1, 0.15) is 41.6 Å². The zero-order valence-electron chi connectivity index (χ0n) is 13.6. The molecule has 0 radical (unpaired) electrons. The fourth-order valence-electron chi connectivity index (χ4n) is 3.06. The molecule has 0 spiro atoms. The Bertz CT molecular complexity index is 675. The first-order valence-corrected chi connectivity index (χ1v) is 8.45. The largest absolute Gasteiger partial charge is 0.391 e. The van der Waals surface area contributed by atoms with Crippen molar-refractivity contribution in [2.45, 2.75) is 44.4 Å². The molecule has 1 aromatic carbocycles. The smallest absolute Gasteiger partial charge is 0.253 e. The molecule has 0 bridgehead atoms. The number of hydrogen-bond donors (Lipinski definition) is 3. The van der Waals surface area contributed by atoms with Crippen LogP contribution in [0.4, 0.5) is 5.69 Å². The molecule has 3 N–H and O–H groups in total. The van der Waals surface area contributed by atoms with E-state index in [2.05, 4.69) is 15.6 Å². The van der Waals surface area contributed by atoms with Gasteiger partial charge in [-0.3, -0.25) is 9.78 Å². The Hall–Kier alpha value is -2.40. The van der Waals surface area contributed by atoms with Crippen molar-refractivity contribution in [1.29, 1.82) is 0 Å². The highest BCUT2D eigenvalue weighted by molar-refractivity contribution is 5.99.